The summed E-state index contributed by atoms with van der Waals surface area (Å²) in [7, 11) is -1.78. The van der Waals surface area contributed by atoms with E-state index in [1.165, 1.54) is 22.7 Å². The van der Waals surface area contributed by atoms with E-state index in [4.69, 9.17) is 27.6 Å². The zero-order valence-corrected chi connectivity index (χ0v) is 15.4. The average molecular weight is 365 g/mol. The third kappa shape index (κ3) is 3.93. The number of hydrogen-bond acceptors (Lipinski definition) is 4. The number of aldehydes is 1. The first kappa shape index (κ1) is 16.2. The van der Waals surface area contributed by atoms with Gasteiger partial charge in [0.25, 0.3) is 0 Å². The molecule has 0 saturated heterocycles. The van der Waals surface area contributed by atoms with Crippen molar-refractivity contribution in [1.29, 1.82) is 0 Å². The molecule has 0 bridgehead atoms. The monoisotopic (exact) mass is 364 g/mol. The molecular formula is C13H14Cl2O2S2Si. The van der Waals surface area contributed by atoms with Gasteiger partial charge < -0.3 is 4.43 Å². The number of rotatable bonds is 5. The molecule has 0 spiro atoms. The van der Waals surface area contributed by atoms with Crippen molar-refractivity contribution in [3.63, 3.8) is 0 Å². The van der Waals surface area contributed by atoms with E-state index in [1.54, 1.807) is 6.07 Å². The predicted octanol–water partition coefficient (Wildman–Crippen LogP) is 5.87. The van der Waals surface area contributed by atoms with Gasteiger partial charge >= 0.3 is 0 Å². The first-order valence-electron chi connectivity index (χ1n) is 5.97. The number of thiophene rings is 2. The van der Waals surface area contributed by atoms with Gasteiger partial charge in [0.1, 0.15) is 6.10 Å². The molecule has 2 aromatic rings. The fourth-order valence-corrected chi connectivity index (χ4v) is 5.04. The van der Waals surface area contributed by atoms with Gasteiger partial charge in [-0.15, -0.1) is 22.7 Å². The van der Waals surface area contributed by atoms with Crippen LogP contribution in [0.2, 0.25) is 28.3 Å². The minimum absolute atomic E-state index is 0.253. The van der Waals surface area contributed by atoms with E-state index >= 15 is 0 Å². The maximum atomic E-state index is 10.9. The summed E-state index contributed by atoms with van der Waals surface area (Å²) in [5.41, 5.74) is 0.847. The van der Waals surface area contributed by atoms with E-state index in [0.29, 0.717) is 13.5 Å². The Kier molecular flexibility index (Phi) is 5.10. The van der Waals surface area contributed by atoms with Crippen LogP contribution in [-0.2, 0) is 4.43 Å². The predicted molar refractivity (Wildman–Crippen MR) is 90.3 cm³/mol. The van der Waals surface area contributed by atoms with E-state index in [1.807, 2.05) is 12.1 Å². The molecule has 0 aliphatic carbocycles. The molecule has 1 unspecified atom stereocenters. The summed E-state index contributed by atoms with van der Waals surface area (Å²) >= 11 is 15.0. The van der Waals surface area contributed by atoms with Gasteiger partial charge in [0.15, 0.2) is 14.6 Å². The summed E-state index contributed by atoms with van der Waals surface area (Å²) in [4.78, 5) is 12.5. The highest BCUT2D eigenvalue weighted by atomic mass is 35.5. The molecule has 108 valence electrons. The molecule has 2 nitrogen and oxygen atoms in total. The van der Waals surface area contributed by atoms with E-state index in [2.05, 4.69) is 19.6 Å². The Labute approximate surface area is 137 Å². The minimum Gasteiger partial charge on any atom is -0.406 e. The molecule has 20 heavy (non-hydrogen) atoms. The Morgan fingerprint density at radius 1 is 1.25 bits per heavy atom. The number of carbonyl (C=O) groups is 1. The first-order valence-corrected chi connectivity index (χ1v) is 11.8. The molecule has 0 aliphatic heterocycles. The SMILES string of the molecule is C[Si](C)(C)OC(c1ccc(Cl)s1)c1cc(C=O)sc1Cl. The molecule has 2 rings (SSSR count). The van der Waals surface area contributed by atoms with E-state index in [9.17, 15) is 4.79 Å². The van der Waals surface area contributed by atoms with Crippen molar-refractivity contribution in [1.82, 2.24) is 0 Å². The lowest BCUT2D eigenvalue weighted by molar-refractivity contribution is 0.112. The van der Waals surface area contributed by atoms with Crippen LogP contribution in [0.5, 0.6) is 0 Å². The van der Waals surface area contributed by atoms with Crippen LogP contribution in [0.4, 0.5) is 0 Å². The fraction of sp³-hybridized carbons (Fsp3) is 0.308. The Morgan fingerprint density at radius 2 is 1.95 bits per heavy atom. The summed E-state index contributed by atoms with van der Waals surface area (Å²) in [5, 5.41) is 0. The van der Waals surface area contributed by atoms with Crippen LogP contribution in [-0.4, -0.2) is 14.6 Å². The maximum absolute atomic E-state index is 10.9. The molecule has 0 radical (unpaired) electrons. The largest absolute Gasteiger partial charge is 0.406 e. The van der Waals surface area contributed by atoms with E-state index in [0.717, 1.165) is 16.7 Å². The van der Waals surface area contributed by atoms with Crippen molar-refractivity contribution < 1.29 is 9.22 Å². The van der Waals surface area contributed by atoms with Crippen molar-refractivity contribution in [3.8, 4) is 0 Å². The van der Waals surface area contributed by atoms with Gasteiger partial charge in [-0.2, -0.15) is 0 Å². The molecular weight excluding hydrogens is 351 g/mol. The fourth-order valence-electron chi connectivity index (χ4n) is 1.74. The third-order valence-corrected chi connectivity index (χ3v) is 5.99. The van der Waals surface area contributed by atoms with Crippen LogP contribution < -0.4 is 0 Å². The van der Waals surface area contributed by atoms with Gasteiger partial charge in [0, 0.05) is 10.4 Å². The van der Waals surface area contributed by atoms with Crippen molar-refractivity contribution in [2.24, 2.45) is 0 Å². The number of hydrogen-bond donors (Lipinski definition) is 0. The molecule has 0 aromatic carbocycles. The molecule has 0 fully saturated rings. The van der Waals surface area contributed by atoms with Crippen LogP contribution in [0.25, 0.3) is 0 Å². The lowest BCUT2D eigenvalue weighted by atomic mass is 10.1. The lowest BCUT2D eigenvalue weighted by Crippen LogP contribution is -2.28. The molecule has 2 heterocycles. The summed E-state index contributed by atoms with van der Waals surface area (Å²) in [6.07, 6.45) is 0.559. The van der Waals surface area contributed by atoms with E-state index in [-0.39, 0.29) is 6.10 Å². The maximum Gasteiger partial charge on any atom is 0.185 e. The standard InChI is InChI=1S/C13H14Cl2O2S2Si/c1-20(2,3)17-12(10-4-5-11(14)19-10)9-6-8(7-16)18-13(9)15/h4-7,12H,1-3H3. The third-order valence-electron chi connectivity index (χ3n) is 2.45. The second-order valence-electron chi connectivity index (χ2n) is 5.25. The smallest absolute Gasteiger partial charge is 0.185 e. The Balaban J connectivity index is 2.45. The Bertz CT molecular complexity index is 616. The molecule has 0 saturated carbocycles. The highest BCUT2D eigenvalue weighted by molar-refractivity contribution is 7.18. The zero-order valence-electron chi connectivity index (χ0n) is 11.3. The summed E-state index contributed by atoms with van der Waals surface area (Å²) in [6, 6.07) is 5.61. The Hall–Kier alpha value is -0.173. The van der Waals surface area contributed by atoms with Crippen LogP contribution in [0.1, 0.15) is 26.2 Å². The quantitative estimate of drug-likeness (QED) is 0.489. The van der Waals surface area contributed by atoms with Crippen molar-refractivity contribution in [3.05, 3.63) is 42.2 Å². The molecule has 0 aliphatic rings. The normalized spacial score (nSPS) is 13.4. The highest BCUT2D eigenvalue weighted by Crippen LogP contribution is 2.41. The van der Waals surface area contributed by atoms with Gasteiger partial charge in [0.05, 0.1) is 13.5 Å². The molecule has 0 amide bonds. The molecule has 1 atom stereocenters. The van der Waals surface area contributed by atoms with Gasteiger partial charge in [0.2, 0.25) is 0 Å². The van der Waals surface area contributed by atoms with Crippen molar-refractivity contribution >= 4 is 60.5 Å². The summed E-state index contributed by atoms with van der Waals surface area (Å²) in [5.74, 6) is 0. The second-order valence-corrected chi connectivity index (χ2v) is 13.1. The minimum atomic E-state index is -1.78. The van der Waals surface area contributed by atoms with Gasteiger partial charge in [-0.25, -0.2) is 0 Å². The summed E-state index contributed by atoms with van der Waals surface area (Å²) in [6.45, 7) is 6.36. The van der Waals surface area contributed by atoms with Gasteiger partial charge in [-0.1, -0.05) is 23.2 Å². The van der Waals surface area contributed by atoms with Crippen molar-refractivity contribution in [2.45, 2.75) is 25.7 Å². The number of halogens is 2. The molecule has 2 aromatic heterocycles. The van der Waals surface area contributed by atoms with E-state index < -0.39 is 8.32 Å². The number of carbonyl (C=O) groups excluding carboxylic acids is 1. The topological polar surface area (TPSA) is 26.3 Å². The Morgan fingerprint density at radius 3 is 2.40 bits per heavy atom. The lowest BCUT2D eigenvalue weighted by Gasteiger charge is -2.25. The first-order chi connectivity index (χ1) is 9.30. The van der Waals surface area contributed by atoms with Crippen molar-refractivity contribution in [2.75, 3.05) is 0 Å². The second kappa shape index (κ2) is 6.30. The molecule has 7 heteroatoms. The van der Waals surface area contributed by atoms with Crippen LogP contribution in [0, 0.1) is 0 Å². The molecule has 0 N–H and O–H groups in total. The average Bonchev–Trinajstić information content (AvgIpc) is 2.91. The van der Waals surface area contributed by atoms with Crippen LogP contribution >= 0.6 is 45.9 Å². The van der Waals surface area contributed by atoms with Gasteiger partial charge in [-0.05, 0) is 37.8 Å². The summed E-state index contributed by atoms with van der Waals surface area (Å²) < 4.78 is 7.57. The van der Waals surface area contributed by atoms with Crippen LogP contribution in [0.15, 0.2) is 18.2 Å². The van der Waals surface area contributed by atoms with Gasteiger partial charge in [-0.3, -0.25) is 4.79 Å². The zero-order chi connectivity index (χ0) is 14.9. The highest BCUT2D eigenvalue weighted by Gasteiger charge is 2.28. The van der Waals surface area contributed by atoms with Crippen LogP contribution in [0.3, 0.4) is 0 Å².